The number of carbonyl (C=O) groups excluding carboxylic acids is 1. The van der Waals surface area contributed by atoms with Gasteiger partial charge in [0.2, 0.25) is 0 Å². The Morgan fingerprint density at radius 2 is 2.17 bits per heavy atom. The molecule has 0 aliphatic heterocycles. The average Bonchev–Trinajstić information content (AvgIpc) is 2.06. The number of esters is 1. The van der Waals surface area contributed by atoms with Gasteiger partial charge < -0.3 is 9.84 Å². The fourth-order valence-electron chi connectivity index (χ4n) is 0.810. The Hall–Kier alpha value is -0.990. The van der Waals surface area contributed by atoms with Crippen LogP contribution in [0.15, 0.2) is 11.8 Å². The summed E-state index contributed by atoms with van der Waals surface area (Å²) in [4.78, 5) is 11.0. The van der Waals surface area contributed by atoms with Crippen molar-refractivity contribution in [1.82, 2.24) is 0 Å². The molecule has 3 nitrogen and oxygen atoms in total. The van der Waals surface area contributed by atoms with Crippen molar-refractivity contribution in [2.75, 3.05) is 6.61 Å². The lowest BCUT2D eigenvalue weighted by Gasteiger charge is -2.03. The summed E-state index contributed by atoms with van der Waals surface area (Å²) in [5.41, 5.74) is 0.360. The van der Waals surface area contributed by atoms with Gasteiger partial charge in [-0.2, -0.15) is 0 Å². The van der Waals surface area contributed by atoms with Gasteiger partial charge in [0.25, 0.3) is 0 Å². The van der Waals surface area contributed by atoms with E-state index in [1.165, 1.54) is 0 Å². The number of hydrogen-bond donors (Lipinski definition) is 1. The molecule has 0 unspecified atom stereocenters. The van der Waals surface area contributed by atoms with E-state index in [0.717, 1.165) is 19.1 Å². The first-order valence-corrected chi connectivity index (χ1v) is 4.26. The van der Waals surface area contributed by atoms with Crippen molar-refractivity contribution in [3.63, 3.8) is 0 Å². The zero-order chi connectivity index (χ0) is 9.40. The van der Waals surface area contributed by atoms with Gasteiger partial charge >= 0.3 is 5.97 Å². The zero-order valence-electron chi connectivity index (χ0n) is 7.67. The molecule has 0 radical (unpaired) electrons. The summed E-state index contributed by atoms with van der Waals surface area (Å²) in [6.45, 7) is 4.12. The van der Waals surface area contributed by atoms with Crippen molar-refractivity contribution in [1.29, 1.82) is 0 Å². The van der Waals surface area contributed by atoms with E-state index in [1.807, 2.05) is 6.92 Å². The van der Waals surface area contributed by atoms with E-state index in [9.17, 15) is 4.79 Å². The van der Waals surface area contributed by atoms with Crippen molar-refractivity contribution in [2.24, 2.45) is 0 Å². The minimum absolute atomic E-state index is 0.350. The Morgan fingerprint density at radius 3 is 2.58 bits per heavy atom. The number of aliphatic hydroxyl groups excluding tert-OH is 1. The van der Waals surface area contributed by atoms with E-state index in [1.54, 1.807) is 6.92 Å². The van der Waals surface area contributed by atoms with Crippen molar-refractivity contribution < 1.29 is 14.6 Å². The van der Waals surface area contributed by atoms with Gasteiger partial charge in [-0.05, 0) is 19.8 Å². The molecule has 0 rings (SSSR count). The lowest BCUT2D eigenvalue weighted by atomic mass is 10.1. The van der Waals surface area contributed by atoms with Crippen LogP contribution in [0.5, 0.6) is 0 Å². The second-order valence-corrected chi connectivity index (χ2v) is 2.48. The minimum Gasteiger partial charge on any atom is -0.515 e. The Labute approximate surface area is 73.0 Å². The number of unbranched alkanes of at least 4 members (excludes halogenated alkanes) is 1. The smallest absolute Gasteiger partial charge is 0.337 e. The summed E-state index contributed by atoms with van der Waals surface area (Å²) in [5, 5.41) is 8.69. The monoisotopic (exact) mass is 172 g/mol. The molecule has 0 aromatic rings. The first-order valence-electron chi connectivity index (χ1n) is 4.26. The van der Waals surface area contributed by atoms with Gasteiger partial charge in [0, 0.05) is 0 Å². The molecule has 0 aromatic heterocycles. The fraction of sp³-hybridized carbons (Fsp3) is 0.667. The highest BCUT2D eigenvalue weighted by Gasteiger charge is 2.08. The van der Waals surface area contributed by atoms with Gasteiger partial charge in [-0.25, -0.2) is 4.79 Å². The maximum atomic E-state index is 11.0. The highest BCUT2D eigenvalue weighted by Crippen LogP contribution is 2.08. The Bertz CT molecular complexity index is 161. The van der Waals surface area contributed by atoms with E-state index in [4.69, 9.17) is 9.84 Å². The highest BCUT2D eigenvalue weighted by atomic mass is 16.5. The minimum atomic E-state index is -0.409. The SMILES string of the molecule is CCCC/C(=C\O)C(=O)OCC. The summed E-state index contributed by atoms with van der Waals surface area (Å²) in [5.74, 6) is -0.409. The summed E-state index contributed by atoms with van der Waals surface area (Å²) in [6, 6.07) is 0. The molecule has 0 aromatic carbocycles. The molecule has 0 atom stereocenters. The van der Waals surface area contributed by atoms with Gasteiger partial charge in [-0.15, -0.1) is 0 Å². The first kappa shape index (κ1) is 11.0. The Kier molecular flexibility index (Phi) is 6.15. The third-order valence-electron chi connectivity index (χ3n) is 1.49. The fourth-order valence-corrected chi connectivity index (χ4v) is 0.810. The Morgan fingerprint density at radius 1 is 1.50 bits per heavy atom. The molecule has 0 spiro atoms. The van der Waals surface area contributed by atoms with Crippen LogP contribution in [0.2, 0.25) is 0 Å². The molecular weight excluding hydrogens is 156 g/mol. The number of carbonyl (C=O) groups is 1. The summed E-state index contributed by atoms with van der Waals surface area (Å²) >= 11 is 0. The average molecular weight is 172 g/mol. The molecule has 0 aliphatic carbocycles. The molecule has 0 bridgehead atoms. The van der Waals surface area contributed by atoms with Gasteiger partial charge in [0.1, 0.15) is 0 Å². The number of rotatable bonds is 5. The summed E-state index contributed by atoms with van der Waals surface area (Å²) in [7, 11) is 0. The predicted molar refractivity (Wildman–Crippen MR) is 46.9 cm³/mol. The molecule has 0 saturated carbocycles. The zero-order valence-corrected chi connectivity index (χ0v) is 7.67. The normalized spacial score (nSPS) is 11.3. The van der Waals surface area contributed by atoms with Crippen molar-refractivity contribution in [2.45, 2.75) is 33.1 Å². The standard InChI is InChI=1S/C9H16O3/c1-3-5-6-8(7-10)9(11)12-4-2/h7,10H,3-6H2,1-2H3/b8-7+. The Balaban J connectivity index is 3.90. The number of hydrogen-bond acceptors (Lipinski definition) is 3. The van der Waals surface area contributed by atoms with Crippen LogP contribution in [0.4, 0.5) is 0 Å². The largest absolute Gasteiger partial charge is 0.515 e. The van der Waals surface area contributed by atoms with E-state index in [0.29, 0.717) is 18.6 Å². The number of ether oxygens (including phenoxy) is 1. The summed E-state index contributed by atoms with van der Waals surface area (Å²) < 4.78 is 4.72. The maximum absolute atomic E-state index is 11.0. The van der Waals surface area contributed by atoms with Crippen molar-refractivity contribution in [3.05, 3.63) is 11.8 Å². The van der Waals surface area contributed by atoms with E-state index in [-0.39, 0.29) is 0 Å². The summed E-state index contributed by atoms with van der Waals surface area (Å²) in [6.07, 6.45) is 3.32. The van der Waals surface area contributed by atoms with Crippen LogP contribution < -0.4 is 0 Å². The molecule has 3 heteroatoms. The molecule has 12 heavy (non-hydrogen) atoms. The lowest BCUT2D eigenvalue weighted by molar-refractivity contribution is -0.138. The topological polar surface area (TPSA) is 46.5 Å². The van der Waals surface area contributed by atoms with Crippen LogP contribution in [0.3, 0.4) is 0 Å². The third-order valence-corrected chi connectivity index (χ3v) is 1.49. The van der Waals surface area contributed by atoms with Crippen LogP contribution >= 0.6 is 0 Å². The quantitative estimate of drug-likeness (QED) is 0.393. The second kappa shape index (κ2) is 6.70. The van der Waals surface area contributed by atoms with Gasteiger partial charge in [0.05, 0.1) is 18.4 Å². The molecule has 0 aliphatic rings. The molecule has 0 heterocycles. The van der Waals surface area contributed by atoms with Crippen molar-refractivity contribution >= 4 is 5.97 Å². The molecule has 0 fully saturated rings. The molecule has 1 N–H and O–H groups in total. The van der Waals surface area contributed by atoms with Gasteiger partial charge in [0.15, 0.2) is 0 Å². The van der Waals surface area contributed by atoms with Crippen LogP contribution in [0.1, 0.15) is 33.1 Å². The van der Waals surface area contributed by atoms with Crippen LogP contribution in [0.25, 0.3) is 0 Å². The maximum Gasteiger partial charge on any atom is 0.337 e. The van der Waals surface area contributed by atoms with E-state index < -0.39 is 5.97 Å². The first-order chi connectivity index (χ1) is 5.76. The molecule has 0 saturated heterocycles. The van der Waals surface area contributed by atoms with Crippen LogP contribution in [-0.2, 0) is 9.53 Å². The third kappa shape index (κ3) is 4.01. The number of aliphatic hydroxyl groups is 1. The highest BCUT2D eigenvalue weighted by molar-refractivity contribution is 5.87. The molecule has 70 valence electrons. The van der Waals surface area contributed by atoms with E-state index >= 15 is 0 Å². The van der Waals surface area contributed by atoms with Gasteiger partial charge in [-0.1, -0.05) is 13.3 Å². The molecule has 0 amide bonds. The van der Waals surface area contributed by atoms with Crippen LogP contribution in [-0.4, -0.2) is 17.7 Å². The molecular formula is C9H16O3. The predicted octanol–water partition coefficient (Wildman–Crippen LogP) is 2.18. The second-order valence-electron chi connectivity index (χ2n) is 2.48. The van der Waals surface area contributed by atoms with Crippen LogP contribution in [0, 0.1) is 0 Å². The van der Waals surface area contributed by atoms with Gasteiger partial charge in [-0.3, -0.25) is 0 Å². The lowest BCUT2D eigenvalue weighted by Crippen LogP contribution is -2.07. The van der Waals surface area contributed by atoms with E-state index in [2.05, 4.69) is 0 Å². The van der Waals surface area contributed by atoms with Crippen molar-refractivity contribution in [3.8, 4) is 0 Å².